The van der Waals surface area contributed by atoms with Crippen molar-refractivity contribution >= 4 is 28.6 Å². The van der Waals surface area contributed by atoms with Crippen molar-refractivity contribution in [1.82, 2.24) is 9.80 Å². The molecule has 4 aliphatic rings. The Bertz CT molecular complexity index is 831. The predicted octanol–water partition coefficient (Wildman–Crippen LogP) is 8.76. The van der Waals surface area contributed by atoms with Gasteiger partial charge >= 0.3 is 0 Å². The first-order chi connectivity index (χ1) is 21.6. The van der Waals surface area contributed by atoms with E-state index >= 15 is 0 Å². The molecule has 0 spiro atoms. The van der Waals surface area contributed by atoms with E-state index in [1.807, 2.05) is 0 Å². The van der Waals surface area contributed by atoms with Crippen LogP contribution < -0.4 is 11.5 Å². The van der Waals surface area contributed by atoms with Gasteiger partial charge in [-0.25, -0.2) is 9.98 Å². The van der Waals surface area contributed by atoms with Crippen LogP contribution in [0.4, 0.5) is 0 Å². The molecule has 0 unspecified atom stereocenters. The summed E-state index contributed by atoms with van der Waals surface area (Å²) in [5.74, 6) is 1.66. The second-order valence-corrected chi connectivity index (χ2v) is 25.2. The molecule has 260 valence electrons. The third kappa shape index (κ3) is 12.8. The summed E-state index contributed by atoms with van der Waals surface area (Å²) in [6.07, 6.45) is 28.3. The van der Waals surface area contributed by atoms with Crippen molar-refractivity contribution in [3.63, 3.8) is 0 Å². The molecule has 4 rings (SSSR count). The van der Waals surface area contributed by atoms with Crippen LogP contribution in [0.2, 0.25) is 38.3 Å². The van der Waals surface area contributed by atoms with E-state index in [9.17, 15) is 0 Å². The first-order valence-electron chi connectivity index (χ1n) is 19.5. The highest BCUT2D eigenvalue weighted by atomic mass is 28.4. The lowest BCUT2D eigenvalue weighted by Gasteiger charge is -2.38. The van der Waals surface area contributed by atoms with E-state index in [2.05, 4.69) is 36.0 Å². The molecule has 0 amide bonds. The lowest BCUT2D eigenvalue weighted by molar-refractivity contribution is 0.238. The molecule has 0 atom stereocenters. The topological polar surface area (TPSA) is 92.5 Å². The molecule has 9 heteroatoms. The molecule has 0 heterocycles. The minimum atomic E-state index is -1.80. The fraction of sp³-hybridized carbons (Fsp3) is 0.944. The second-order valence-electron chi connectivity index (χ2n) is 16.4. The fourth-order valence-electron chi connectivity index (χ4n) is 8.90. The molecule has 0 saturated heterocycles. The van der Waals surface area contributed by atoms with Crippen molar-refractivity contribution in [2.45, 2.75) is 204 Å². The Morgan fingerprint density at radius 1 is 0.533 bits per heavy atom. The van der Waals surface area contributed by atoms with Crippen molar-refractivity contribution in [3.8, 4) is 0 Å². The Morgan fingerprint density at radius 2 is 0.844 bits per heavy atom. The molecular weight excluding hydrogens is 589 g/mol. The zero-order valence-electron chi connectivity index (χ0n) is 30.0. The second kappa shape index (κ2) is 18.5. The molecule has 0 bridgehead atoms. The maximum atomic E-state index is 7.16. The van der Waals surface area contributed by atoms with E-state index < -0.39 is 16.6 Å². The number of nitrogens with two attached hydrogens (primary N) is 2. The number of hydrogen-bond acceptors (Lipinski definition) is 3. The van der Waals surface area contributed by atoms with Gasteiger partial charge in [0.05, 0.1) is 12.1 Å². The smallest absolute Gasteiger partial charge is 0.191 e. The zero-order valence-corrected chi connectivity index (χ0v) is 32.0. The van der Waals surface area contributed by atoms with Gasteiger partial charge in [0.15, 0.2) is 28.6 Å². The average Bonchev–Trinajstić information content (AvgIpc) is 3.02. The number of nitrogens with zero attached hydrogens (tertiary/aromatic N) is 4. The Labute approximate surface area is 280 Å². The fourth-order valence-corrected chi connectivity index (χ4v) is 17.7. The van der Waals surface area contributed by atoms with Crippen LogP contribution in [0, 0.1) is 0 Å². The quantitative estimate of drug-likeness (QED) is 0.110. The lowest BCUT2D eigenvalue weighted by atomic mass is 9.94. The van der Waals surface area contributed by atoms with Gasteiger partial charge in [-0.2, -0.15) is 0 Å². The van der Waals surface area contributed by atoms with E-state index in [4.69, 9.17) is 25.6 Å². The molecule has 4 fully saturated rings. The molecule has 4 aliphatic carbocycles. The van der Waals surface area contributed by atoms with Crippen molar-refractivity contribution < 1.29 is 4.12 Å². The summed E-state index contributed by atoms with van der Waals surface area (Å²) in [5.41, 5.74) is 13.6. The van der Waals surface area contributed by atoms with Gasteiger partial charge in [0.1, 0.15) is 0 Å². The van der Waals surface area contributed by atoms with Gasteiger partial charge in [-0.3, -0.25) is 0 Å². The predicted molar refractivity (Wildman–Crippen MR) is 199 cm³/mol. The number of rotatable bonds is 14. The summed E-state index contributed by atoms with van der Waals surface area (Å²) in [6, 6.07) is 4.41. The van der Waals surface area contributed by atoms with Crippen LogP contribution >= 0.6 is 0 Å². The van der Waals surface area contributed by atoms with Gasteiger partial charge in [0, 0.05) is 25.2 Å². The Balaban J connectivity index is 1.28. The van der Waals surface area contributed by atoms with Crippen LogP contribution in [0.5, 0.6) is 0 Å². The Hall–Kier alpha value is -1.07. The van der Waals surface area contributed by atoms with Crippen LogP contribution in [0.25, 0.3) is 0 Å². The monoisotopic (exact) mass is 661 g/mol. The minimum Gasteiger partial charge on any atom is -0.455 e. The standard InChI is InChI=1S/C36H72N6OSi2/c1-44(2,29-17-27-41(33-23-13-7-14-24-33)35(37)39-31-19-9-5-10-20-31)43-45(3,4)30-18-28-42(34-25-15-8-16-26-34)36(38)40-32-21-11-6-12-22-32/h31-34H,5-30H2,1-4H3,(H2,37,39)(H2,38,40). The summed E-state index contributed by atoms with van der Waals surface area (Å²) in [4.78, 5) is 15.2. The summed E-state index contributed by atoms with van der Waals surface area (Å²) in [7, 11) is -3.60. The van der Waals surface area contributed by atoms with E-state index in [1.54, 1.807) is 0 Å². The summed E-state index contributed by atoms with van der Waals surface area (Å²) < 4.78 is 7.16. The van der Waals surface area contributed by atoms with Crippen molar-refractivity contribution in [2.24, 2.45) is 21.5 Å². The van der Waals surface area contributed by atoms with Gasteiger partial charge in [0.2, 0.25) is 0 Å². The van der Waals surface area contributed by atoms with Crippen molar-refractivity contribution in [2.75, 3.05) is 13.1 Å². The molecule has 7 nitrogen and oxygen atoms in total. The Morgan fingerprint density at radius 3 is 1.18 bits per heavy atom. The first-order valence-corrected chi connectivity index (χ1v) is 25.7. The van der Waals surface area contributed by atoms with Gasteiger partial charge in [-0.05, 0) is 102 Å². The van der Waals surface area contributed by atoms with Gasteiger partial charge in [-0.15, -0.1) is 0 Å². The molecule has 0 aromatic rings. The van der Waals surface area contributed by atoms with Crippen LogP contribution in [0.15, 0.2) is 9.98 Å². The highest BCUT2D eigenvalue weighted by molar-refractivity contribution is 6.84. The summed E-state index contributed by atoms with van der Waals surface area (Å²) in [5, 5.41) is 0. The zero-order chi connectivity index (χ0) is 32.1. The van der Waals surface area contributed by atoms with E-state index in [0.29, 0.717) is 24.2 Å². The van der Waals surface area contributed by atoms with Gasteiger partial charge in [0.25, 0.3) is 0 Å². The third-order valence-corrected chi connectivity index (χ3v) is 18.8. The number of guanidine groups is 2. The van der Waals surface area contributed by atoms with E-state index in [-0.39, 0.29) is 0 Å². The maximum absolute atomic E-state index is 7.16. The number of hydrogen-bond donors (Lipinski definition) is 2. The lowest BCUT2D eigenvalue weighted by Crippen LogP contribution is -2.49. The first kappa shape index (κ1) is 36.8. The largest absolute Gasteiger partial charge is 0.455 e. The normalized spacial score (nSPS) is 22.9. The molecule has 0 radical (unpaired) electrons. The van der Waals surface area contributed by atoms with Gasteiger partial charge in [-0.1, -0.05) is 77.0 Å². The molecule has 45 heavy (non-hydrogen) atoms. The van der Waals surface area contributed by atoms with Crippen molar-refractivity contribution in [1.29, 1.82) is 0 Å². The SMILES string of the molecule is C[Si](C)(CCCN(C(N)=NC1CCCCC1)C1CCCCC1)O[Si](C)(C)CCCN(C(N)=NC1CCCCC1)C1CCCCC1. The third-order valence-electron chi connectivity index (χ3n) is 11.3. The molecule has 0 aliphatic heterocycles. The highest BCUT2D eigenvalue weighted by Crippen LogP contribution is 2.29. The Kier molecular flexibility index (Phi) is 15.1. The van der Waals surface area contributed by atoms with Crippen LogP contribution in [-0.2, 0) is 4.12 Å². The van der Waals surface area contributed by atoms with E-state index in [0.717, 1.165) is 37.9 Å². The maximum Gasteiger partial charge on any atom is 0.191 e. The number of aliphatic imine (C=N–C) groups is 2. The molecule has 4 saturated carbocycles. The van der Waals surface area contributed by atoms with Crippen molar-refractivity contribution in [3.05, 3.63) is 0 Å². The average molecular weight is 661 g/mol. The van der Waals surface area contributed by atoms with Crippen LogP contribution in [0.3, 0.4) is 0 Å². The summed E-state index contributed by atoms with van der Waals surface area (Å²) >= 11 is 0. The summed E-state index contributed by atoms with van der Waals surface area (Å²) in [6.45, 7) is 11.9. The van der Waals surface area contributed by atoms with Gasteiger partial charge < -0.3 is 25.4 Å². The van der Waals surface area contributed by atoms with Crippen LogP contribution in [0.1, 0.15) is 141 Å². The molecule has 0 aromatic heterocycles. The van der Waals surface area contributed by atoms with Crippen LogP contribution in [-0.4, -0.2) is 75.6 Å². The van der Waals surface area contributed by atoms with E-state index in [1.165, 1.54) is 141 Å². The highest BCUT2D eigenvalue weighted by Gasteiger charge is 2.34. The molecule has 0 aromatic carbocycles. The molecule has 4 N–H and O–H groups in total. The molecular formula is C36H72N6OSi2. The minimum absolute atomic E-state index is 0.439.